The molecule has 19 heteroatoms. The van der Waals surface area contributed by atoms with Crippen LogP contribution in [-0.4, -0.2) is 121 Å². The minimum atomic E-state index is -1.68. The molecule has 0 saturated heterocycles. The molecule has 276 valence electrons. The van der Waals surface area contributed by atoms with Crippen molar-refractivity contribution in [3.8, 4) is 0 Å². The van der Waals surface area contributed by atoms with Crippen LogP contribution in [0.3, 0.4) is 0 Å². The monoisotopic (exact) mass is 698 g/mol. The highest BCUT2D eigenvalue weighted by Gasteiger charge is 2.35. The van der Waals surface area contributed by atoms with Crippen molar-refractivity contribution >= 4 is 41.5 Å². The number of nitrogens with one attached hydrogen (secondary N) is 6. The summed E-state index contributed by atoms with van der Waals surface area (Å²) in [5.74, 6) is -7.34. The number of nitrogens with zero attached hydrogens (tertiary/aromatic N) is 1. The number of hydrogen-bond acceptors (Lipinski definition) is 11. The lowest BCUT2D eigenvalue weighted by Gasteiger charge is -2.28. The number of carboxylic acid groups (broad SMARTS) is 2. The predicted molar refractivity (Wildman–Crippen MR) is 172 cm³/mol. The van der Waals surface area contributed by atoms with E-state index in [4.69, 9.17) is 10.8 Å². The van der Waals surface area contributed by atoms with Gasteiger partial charge >= 0.3 is 11.9 Å². The number of nitrogens with two attached hydrogens (primary N) is 1. The van der Waals surface area contributed by atoms with E-state index < -0.39 is 96.9 Å². The van der Waals surface area contributed by atoms with Gasteiger partial charge in [0.1, 0.15) is 30.2 Å². The van der Waals surface area contributed by atoms with Gasteiger partial charge in [0.25, 0.3) is 0 Å². The number of rotatable bonds is 22. The first kappa shape index (κ1) is 42.4. The molecule has 1 aromatic heterocycles. The molecule has 5 amide bonds. The lowest BCUT2D eigenvalue weighted by atomic mass is 10.0. The van der Waals surface area contributed by atoms with Crippen molar-refractivity contribution in [1.82, 2.24) is 36.6 Å². The number of aliphatic carboxylic acids is 2. The molecule has 1 aromatic rings. The number of carboxylic acids is 2. The molecule has 0 bridgehead atoms. The second kappa shape index (κ2) is 20.7. The van der Waals surface area contributed by atoms with Crippen LogP contribution in [0.5, 0.6) is 0 Å². The Morgan fingerprint density at radius 3 is 1.76 bits per heavy atom. The van der Waals surface area contributed by atoms with Crippen molar-refractivity contribution in [2.24, 2.45) is 17.6 Å². The van der Waals surface area contributed by atoms with E-state index in [0.717, 1.165) is 0 Å². The molecule has 0 aliphatic heterocycles. The number of aromatic amines is 1. The van der Waals surface area contributed by atoms with Crippen LogP contribution in [0.4, 0.5) is 0 Å². The van der Waals surface area contributed by atoms with Gasteiger partial charge in [-0.15, -0.1) is 0 Å². The topological polar surface area (TPSA) is 315 Å². The zero-order chi connectivity index (χ0) is 37.4. The molecule has 12 N–H and O–H groups in total. The molecule has 19 nitrogen and oxygen atoms in total. The number of aliphatic hydroxyl groups excluding tert-OH is 2. The first-order valence-electron chi connectivity index (χ1n) is 15.8. The van der Waals surface area contributed by atoms with Gasteiger partial charge in [0.05, 0.1) is 25.1 Å². The third-order valence-corrected chi connectivity index (χ3v) is 7.16. The second-order valence-corrected chi connectivity index (χ2v) is 12.6. The number of amides is 5. The quantitative estimate of drug-likeness (QED) is 0.0580. The number of hydrogen-bond donors (Lipinski definition) is 11. The Morgan fingerprint density at radius 2 is 1.27 bits per heavy atom. The SMILES string of the molecule is CC(C)CC(NC(=O)C(Cc1cnc[nH]1)NC(=O)C(CC(C)C)NC(=O)C(NC(=O)C(CO)NC(=O)C(N)CCC(=O)O)C(C)O)C(=O)O. The van der Waals surface area contributed by atoms with Crippen molar-refractivity contribution in [3.63, 3.8) is 0 Å². The second-order valence-electron chi connectivity index (χ2n) is 12.6. The summed E-state index contributed by atoms with van der Waals surface area (Å²) in [7, 11) is 0. The summed E-state index contributed by atoms with van der Waals surface area (Å²) in [6, 6.07) is -8.44. The van der Waals surface area contributed by atoms with Crippen LogP contribution in [0.2, 0.25) is 0 Å². The van der Waals surface area contributed by atoms with E-state index in [1.165, 1.54) is 19.4 Å². The summed E-state index contributed by atoms with van der Waals surface area (Å²) in [5.41, 5.74) is 6.10. The van der Waals surface area contributed by atoms with Crippen molar-refractivity contribution in [1.29, 1.82) is 0 Å². The molecule has 1 heterocycles. The van der Waals surface area contributed by atoms with Crippen molar-refractivity contribution < 1.29 is 54.0 Å². The summed E-state index contributed by atoms with van der Waals surface area (Å²) >= 11 is 0. The summed E-state index contributed by atoms with van der Waals surface area (Å²) in [6.07, 6.45) is 0.647. The molecule has 0 saturated carbocycles. The summed E-state index contributed by atoms with van der Waals surface area (Å²) in [6.45, 7) is 7.33. The highest BCUT2D eigenvalue weighted by Crippen LogP contribution is 2.10. The van der Waals surface area contributed by atoms with Gasteiger partial charge in [-0.1, -0.05) is 27.7 Å². The van der Waals surface area contributed by atoms with Crippen LogP contribution in [0, 0.1) is 11.8 Å². The first-order valence-corrected chi connectivity index (χ1v) is 15.8. The first-order chi connectivity index (χ1) is 22.9. The Bertz CT molecular complexity index is 1270. The van der Waals surface area contributed by atoms with Crippen LogP contribution in [0.1, 0.15) is 66.0 Å². The van der Waals surface area contributed by atoms with E-state index >= 15 is 0 Å². The van der Waals surface area contributed by atoms with E-state index in [2.05, 4.69) is 36.6 Å². The van der Waals surface area contributed by atoms with Gasteiger partial charge in [-0.3, -0.25) is 28.8 Å². The Balaban J connectivity index is 3.16. The Hall–Kier alpha value is -4.62. The molecule has 0 aliphatic carbocycles. The Morgan fingerprint density at radius 1 is 0.755 bits per heavy atom. The van der Waals surface area contributed by atoms with E-state index in [-0.39, 0.29) is 37.5 Å². The number of imidazole rings is 1. The van der Waals surface area contributed by atoms with Crippen LogP contribution in [0.15, 0.2) is 12.5 Å². The van der Waals surface area contributed by atoms with E-state index in [1.807, 2.05) is 0 Å². The minimum Gasteiger partial charge on any atom is -0.481 e. The summed E-state index contributed by atoms with van der Waals surface area (Å²) < 4.78 is 0. The molecule has 1 rings (SSSR count). The number of carbonyl (C=O) groups is 7. The minimum absolute atomic E-state index is 0.0467. The molecule has 0 aliphatic rings. The molecular formula is C30H50N8O11. The van der Waals surface area contributed by atoms with E-state index in [0.29, 0.717) is 5.69 Å². The zero-order valence-corrected chi connectivity index (χ0v) is 28.3. The number of carbonyl (C=O) groups excluding carboxylic acids is 5. The normalized spacial score (nSPS) is 15.6. The number of aliphatic hydroxyl groups is 2. The third-order valence-electron chi connectivity index (χ3n) is 7.16. The van der Waals surface area contributed by atoms with Gasteiger partial charge in [-0.05, 0) is 38.0 Å². The largest absolute Gasteiger partial charge is 0.481 e. The van der Waals surface area contributed by atoms with Crippen molar-refractivity contribution in [3.05, 3.63) is 18.2 Å². The highest BCUT2D eigenvalue weighted by atomic mass is 16.4. The van der Waals surface area contributed by atoms with Crippen LogP contribution in [-0.2, 0) is 40.0 Å². The van der Waals surface area contributed by atoms with Crippen molar-refractivity contribution in [2.45, 2.75) is 109 Å². The lowest BCUT2D eigenvalue weighted by Crippen LogP contribution is -2.62. The van der Waals surface area contributed by atoms with E-state index in [9.17, 15) is 48.9 Å². The lowest BCUT2D eigenvalue weighted by molar-refractivity contribution is -0.143. The summed E-state index contributed by atoms with van der Waals surface area (Å²) in [4.78, 5) is 94.7. The molecule has 7 atom stereocenters. The van der Waals surface area contributed by atoms with Gasteiger partial charge in [0, 0.05) is 24.7 Å². The zero-order valence-electron chi connectivity index (χ0n) is 28.3. The molecule has 0 aromatic carbocycles. The number of H-pyrrole nitrogens is 1. The van der Waals surface area contributed by atoms with Gasteiger partial charge in [0.2, 0.25) is 29.5 Å². The molecule has 0 radical (unpaired) electrons. The molecular weight excluding hydrogens is 648 g/mol. The standard InChI is InChI=1S/C30H50N8O11/c1-14(2)8-19(26(44)34-20(10-17-11-32-13-33-17)27(45)36-21(30(48)49)9-15(3)4)35-29(47)24(16(5)40)38-28(46)22(12-39)37-25(43)18(31)6-7-23(41)42/h11,13-16,18-22,24,39-40H,6-10,12,31H2,1-5H3,(H,32,33)(H,34,44)(H,35,47)(H,36,45)(H,37,43)(H,38,46)(H,41,42)(H,48,49). The van der Waals surface area contributed by atoms with Gasteiger partial charge in [-0.25, -0.2) is 9.78 Å². The summed E-state index contributed by atoms with van der Waals surface area (Å²) in [5, 5.41) is 50.3. The average Bonchev–Trinajstić information content (AvgIpc) is 3.52. The number of aromatic nitrogens is 2. The Labute approximate surface area is 283 Å². The van der Waals surface area contributed by atoms with Crippen LogP contribution < -0.4 is 32.3 Å². The maximum Gasteiger partial charge on any atom is 0.326 e. The molecule has 0 spiro atoms. The maximum absolute atomic E-state index is 13.6. The van der Waals surface area contributed by atoms with Crippen molar-refractivity contribution in [2.75, 3.05) is 6.61 Å². The molecule has 0 fully saturated rings. The highest BCUT2D eigenvalue weighted by molar-refractivity contribution is 5.96. The third kappa shape index (κ3) is 15.4. The van der Waals surface area contributed by atoms with Gasteiger partial charge in [-0.2, -0.15) is 0 Å². The average molecular weight is 699 g/mol. The Kier molecular flexibility index (Phi) is 17.9. The molecule has 49 heavy (non-hydrogen) atoms. The fraction of sp³-hybridized carbons (Fsp3) is 0.667. The van der Waals surface area contributed by atoms with E-state index in [1.54, 1.807) is 27.7 Å². The fourth-order valence-electron chi connectivity index (χ4n) is 4.57. The molecule has 7 unspecified atom stereocenters. The van der Waals surface area contributed by atoms with Gasteiger partial charge < -0.3 is 57.7 Å². The predicted octanol–water partition coefficient (Wildman–Crippen LogP) is -2.88. The van der Waals surface area contributed by atoms with Crippen LogP contribution in [0.25, 0.3) is 0 Å². The smallest absolute Gasteiger partial charge is 0.326 e. The fourth-order valence-corrected chi connectivity index (χ4v) is 4.57. The van der Waals surface area contributed by atoms with Crippen LogP contribution >= 0.6 is 0 Å². The van der Waals surface area contributed by atoms with Gasteiger partial charge in [0.15, 0.2) is 0 Å². The maximum atomic E-state index is 13.6.